The minimum absolute atomic E-state index is 0.567. The van der Waals surface area contributed by atoms with Gasteiger partial charge in [-0.2, -0.15) is 0 Å². The van der Waals surface area contributed by atoms with Crippen molar-refractivity contribution in [1.29, 1.82) is 0 Å². The van der Waals surface area contributed by atoms with Crippen LogP contribution in [0, 0.1) is 5.92 Å². The summed E-state index contributed by atoms with van der Waals surface area (Å²) in [5.74, 6) is 0.679. The Labute approximate surface area is 72.4 Å². The molecule has 0 saturated heterocycles. The van der Waals surface area contributed by atoms with Gasteiger partial charge in [-0.1, -0.05) is 31.5 Å². The molecule has 0 spiro atoms. The standard InChI is InChI=1S/C9H12ClN/c1-7(2)5-8-3-4-9(10)11-6-8/h3-4,6-7H,5H2,1-2H3. The van der Waals surface area contributed by atoms with Gasteiger partial charge in [-0.25, -0.2) is 4.98 Å². The van der Waals surface area contributed by atoms with Crippen molar-refractivity contribution in [2.75, 3.05) is 0 Å². The van der Waals surface area contributed by atoms with Crippen molar-refractivity contribution >= 4 is 11.6 Å². The average molecular weight is 170 g/mol. The van der Waals surface area contributed by atoms with E-state index in [2.05, 4.69) is 18.8 Å². The van der Waals surface area contributed by atoms with Gasteiger partial charge in [0.05, 0.1) is 0 Å². The third-order valence-electron chi connectivity index (χ3n) is 1.43. The molecule has 0 amide bonds. The van der Waals surface area contributed by atoms with Crippen LogP contribution in [-0.2, 0) is 6.42 Å². The molecule has 0 unspecified atom stereocenters. The highest BCUT2D eigenvalue weighted by atomic mass is 35.5. The maximum absolute atomic E-state index is 5.64. The minimum Gasteiger partial charge on any atom is -0.244 e. The van der Waals surface area contributed by atoms with E-state index in [1.165, 1.54) is 5.56 Å². The second-order valence-electron chi connectivity index (χ2n) is 3.09. The molecule has 0 atom stereocenters. The van der Waals surface area contributed by atoms with Gasteiger partial charge in [0.25, 0.3) is 0 Å². The molecule has 0 aliphatic heterocycles. The van der Waals surface area contributed by atoms with Gasteiger partial charge in [-0.15, -0.1) is 0 Å². The van der Waals surface area contributed by atoms with Gasteiger partial charge in [0, 0.05) is 6.20 Å². The summed E-state index contributed by atoms with van der Waals surface area (Å²) in [6, 6.07) is 3.86. The lowest BCUT2D eigenvalue weighted by molar-refractivity contribution is 0.645. The largest absolute Gasteiger partial charge is 0.244 e. The molecule has 0 N–H and O–H groups in total. The molecular weight excluding hydrogens is 158 g/mol. The summed E-state index contributed by atoms with van der Waals surface area (Å²) < 4.78 is 0. The van der Waals surface area contributed by atoms with Crippen molar-refractivity contribution in [3.05, 3.63) is 29.0 Å². The third kappa shape index (κ3) is 2.89. The maximum Gasteiger partial charge on any atom is 0.129 e. The summed E-state index contributed by atoms with van der Waals surface area (Å²) in [6.07, 6.45) is 2.91. The van der Waals surface area contributed by atoms with E-state index >= 15 is 0 Å². The first-order chi connectivity index (χ1) is 5.18. The van der Waals surface area contributed by atoms with E-state index < -0.39 is 0 Å². The van der Waals surface area contributed by atoms with E-state index in [0.717, 1.165) is 6.42 Å². The lowest BCUT2D eigenvalue weighted by atomic mass is 10.1. The van der Waals surface area contributed by atoms with Crippen LogP contribution in [0.3, 0.4) is 0 Å². The number of hydrogen-bond donors (Lipinski definition) is 0. The molecule has 1 aromatic rings. The molecule has 0 aliphatic rings. The number of nitrogens with zero attached hydrogens (tertiary/aromatic N) is 1. The number of pyridine rings is 1. The Bertz CT molecular complexity index is 216. The van der Waals surface area contributed by atoms with Crippen LogP contribution in [0.25, 0.3) is 0 Å². The first-order valence-corrected chi connectivity index (χ1v) is 4.16. The molecule has 1 nitrogen and oxygen atoms in total. The highest BCUT2D eigenvalue weighted by Crippen LogP contribution is 2.09. The summed E-state index contributed by atoms with van der Waals surface area (Å²) in [6.45, 7) is 4.38. The average Bonchev–Trinajstić information content (AvgIpc) is 1.93. The molecule has 1 aromatic heterocycles. The van der Waals surface area contributed by atoms with Gasteiger partial charge in [0.15, 0.2) is 0 Å². The van der Waals surface area contributed by atoms with E-state index in [1.54, 1.807) is 0 Å². The third-order valence-corrected chi connectivity index (χ3v) is 1.66. The number of aromatic nitrogens is 1. The molecular formula is C9H12ClN. The van der Waals surface area contributed by atoms with Gasteiger partial charge >= 0.3 is 0 Å². The van der Waals surface area contributed by atoms with Crippen molar-refractivity contribution in [3.63, 3.8) is 0 Å². The fourth-order valence-corrected chi connectivity index (χ4v) is 1.11. The Balaban J connectivity index is 2.66. The van der Waals surface area contributed by atoms with Gasteiger partial charge < -0.3 is 0 Å². The minimum atomic E-state index is 0.567. The smallest absolute Gasteiger partial charge is 0.129 e. The fraction of sp³-hybridized carbons (Fsp3) is 0.444. The highest BCUT2D eigenvalue weighted by Gasteiger charge is 1.97. The molecule has 11 heavy (non-hydrogen) atoms. The topological polar surface area (TPSA) is 12.9 Å². The van der Waals surface area contributed by atoms with Crippen molar-refractivity contribution in [3.8, 4) is 0 Å². The first-order valence-electron chi connectivity index (χ1n) is 3.79. The Morgan fingerprint density at radius 1 is 1.45 bits per heavy atom. The van der Waals surface area contributed by atoms with E-state index in [4.69, 9.17) is 11.6 Å². The van der Waals surface area contributed by atoms with Crippen molar-refractivity contribution in [2.45, 2.75) is 20.3 Å². The quantitative estimate of drug-likeness (QED) is 0.621. The molecule has 1 rings (SSSR count). The van der Waals surface area contributed by atoms with Crippen LogP contribution in [-0.4, -0.2) is 4.98 Å². The molecule has 60 valence electrons. The van der Waals surface area contributed by atoms with Crippen LogP contribution in [0.5, 0.6) is 0 Å². The summed E-state index contributed by atoms with van der Waals surface area (Å²) in [5.41, 5.74) is 1.25. The molecule has 0 fully saturated rings. The summed E-state index contributed by atoms with van der Waals surface area (Å²) in [4.78, 5) is 4.00. The molecule has 0 saturated carbocycles. The van der Waals surface area contributed by atoms with E-state index in [9.17, 15) is 0 Å². The van der Waals surface area contributed by atoms with Crippen LogP contribution in [0.15, 0.2) is 18.3 Å². The zero-order valence-electron chi connectivity index (χ0n) is 6.84. The van der Waals surface area contributed by atoms with E-state index in [0.29, 0.717) is 11.1 Å². The predicted octanol–water partition coefficient (Wildman–Crippen LogP) is 2.93. The van der Waals surface area contributed by atoms with E-state index in [1.807, 2.05) is 18.3 Å². The van der Waals surface area contributed by atoms with Crippen molar-refractivity contribution in [2.24, 2.45) is 5.92 Å². The fourth-order valence-electron chi connectivity index (χ4n) is 0.999. The van der Waals surface area contributed by atoms with Crippen LogP contribution in [0.2, 0.25) is 5.15 Å². The van der Waals surface area contributed by atoms with Crippen LogP contribution in [0.4, 0.5) is 0 Å². The summed E-state index contributed by atoms with van der Waals surface area (Å²) >= 11 is 5.64. The molecule has 0 bridgehead atoms. The van der Waals surface area contributed by atoms with Gasteiger partial charge in [-0.05, 0) is 24.0 Å². The second-order valence-corrected chi connectivity index (χ2v) is 3.47. The Morgan fingerprint density at radius 3 is 2.64 bits per heavy atom. The SMILES string of the molecule is CC(C)Cc1ccc(Cl)nc1. The van der Waals surface area contributed by atoms with Gasteiger partial charge in [0.1, 0.15) is 5.15 Å². The molecule has 2 heteroatoms. The summed E-state index contributed by atoms with van der Waals surface area (Å²) in [5, 5.41) is 0.567. The first kappa shape index (κ1) is 8.54. The maximum atomic E-state index is 5.64. The molecule has 0 aromatic carbocycles. The number of hydrogen-bond acceptors (Lipinski definition) is 1. The highest BCUT2D eigenvalue weighted by molar-refractivity contribution is 6.29. The predicted molar refractivity (Wildman–Crippen MR) is 47.8 cm³/mol. The van der Waals surface area contributed by atoms with Gasteiger partial charge in [-0.3, -0.25) is 0 Å². The summed E-state index contributed by atoms with van der Waals surface area (Å²) in [7, 11) is 0. The van der Waals surface area contributed by atoms with Crippen LogP contribution < -0.4 is 0 Å². The molecule has 1 heterocycles. The zero-order valence-corrected chi connectivity index (χ0v) is 7.60. The lowest BCUT2D eigenvalue weighted by Gasteiger charge is -2.02. The van der Waals surface area contributed by atoms with Crippen molar-refractivity contribution < 1.29 is 0 Å². The molecule has 0 aliphatic carbocycles. The van der Waals surface area contributed by atoms with E-state index in [-0.39, 0.29) is 0 Å². The number of rotatable bonds is 2. The normalized spacial score (nSPS) is 10.5. The monoisotopic (exact) mass is 169 g/mol. The Morgan fingerprint density at radius 2 is 2.18 bits per heavy atom. The molecule has 0 radical (unpaired) electrons. The van der Waals surface area contributed by atoms with Crippen LogP contribution >= 0.6 is 11.6 Å². The second kappa shape index (κ2) is 3.72. The Hall–Kier alpha value is -0.560. The Kier molecular flexibility index (Phi) is 2.89. The zero-order chi connectivity index (χ0) is 8.27. The number of halogens is 1. The van der Waals surface area contributed by atoms with Crippen LogP contribution in [0.1, 0.15) is 19.4 Å². The van der Waals surface area contributed by atoms with Gasteiger partial charge in [0.2, 0.25) is 0 Å². The van der Waals surface area contributed by atoms with Crippen molar-refractivity contribution in [1.82, 2.24) is 4.98 Å². The lowest BCUT2D eigenvalue weighted by Crippen LogP contribution is -1.93.